The molecular weight excluding hydrogens is 512 g/mol. The third-order valence-electron chi connectivity index (χ3n) is 5.84. The summed E-state index contributed by atoms with van der Waals surface area (Å²) in [7, 11) is -3.34. The Morgan fingerprint density at radius 1 is 1.03 bits per heavy atom. The van der Waals surface area contributed by atoms with Gasteiger partial charge in [-0.15, -0.1) is 0 Å². The SMILES string of the molecule is Cc1c(C(=O)Nc2ccc(S(C)(=O)=O)cc2)cn(CC(O)COc2ccccc2)c1-c1ccccc1Cl. The minimum atomic E-state index is -3.34. The number of carbonyl (C=O) groups excluding carboxylic acids is 1. The zero-order chi connectivity index (χ0) is 26.6. The lowest BCUT2D eigenvalue weighted by molar-refractivity contribution is 0.0927. The Bertz CT molecular complexity index is 1500. The molecule has 4 aromatic rings. The van der Waals surface area contributed by atoms with Crippen LogP contribution in [0.25, 0.3) is 11.3 Å². The van der Waals surface area contributed by atoms with Crippen LogP contribution < -0.4 is 10.1 Å². The van der Waals surface area contributed by atoms with Crippen molar-refractivity contribution in [2.45, 2.75) is 24.5 Å². The van der Waals surface area contributed by atoms with Crippen molar-refractivity contribution in [3.63, 3.8) is 0 Å². The lowest BCUT2D eigenvalue weighted by Gasteiger charge is -2.16. The van der Waals surface area contributed by atoms with E-state index in [4.69, 9.17) is 16.3 Å². The van der Waals surface area contributed by atoms with Gasteiger partial charge in [-0.3, -0.25) is 4.79 Å². The molecule has 37 heavy (non-hydrogen) atoms. The number of aliphatic hydroxyl groups is 1. The van der Waals surface area contributed by atoms with Gasteiger partial charge in [0.1, 0.15) is 18.5 Å². The maximum atomic E-state index is 13.2. The van der Waals surface area contributed by atoms with Crippen molar-refractivity contribution in [3.05, 3.63) is 101 Å². The first-order chi connectivity index (χ1) is 17.6. The molecule has 9 heteroatoms. The number of anilines is 1. The van der Waals surface area contributed by atoms with Gasteiger partial charge in [0.05, 0.1) is 22.7 Å². The highest BCUT2D eigenvalue weighted by molar-refractivity contribution is 7.90. The lowest BCUT2D eigenvalue weighted by atomic mass is 10.1. The second kappa shape index (κ2) is 11.2. The van der Waals surface area contributed by atoms with E-state index in [0.29, 0.717) is 33.3 Å². The Morgan fingerprint density at radius 3 is 2.32 bits per heavy atom. The molecule has 0 aliphatic heterocycles. The van der Waals surface area contributed by atoms with E-state index in [1.165, 1.54) is 12.1 Å². The Kier molecular flexibility index (Phi) is 8.02. The predicted molar refractivity (Wildman–Crippen MR) is 145 cm³/mol. The largest absolute Gasteiger partial charge is 0.491 e. The molecule has 0 aliphatic carbocycles. The molecule has 1 aromatic heterocycles. The zero-order valence-electron chi connectivity index (χ0n) is 20.4. The van der Waals surface area contributed by atoms with E-state index in [2.05, 4.69) is 5.32 Å². The topological polar surface area (TPSA) is 97.6 Å². The number of aliphatic hydroxyl groups excluding tert-OH is 1. The maximum absolute atomic E-state index is 13.2. The van der Waals surface area contributed by atoms with E-state index in [1.54, 1.807) is 29.0 Å². The molecule has 0 fully saturated rings. The number of hydrogen-bond donors (Lipinski definition) is 2. The summed E-state index contributed by atoms with van der Waals surface area (Å²) >= 11 is 6.50. The van der Waals surface area contributed by atoms with Crippen LogP contribution in [0.4, 0.5) is 5.69 Å². The number of sulfone groups is 1. The van der Waals surface area contributed by atoms with Crippen LogP contribution in [0.3, 0.4) is 0 Å². The van der Waals surface area contributed by atoms with E-state index >= 15 is 0 Å². The summed E-state index contributed by atoms with van der Waals surface area (Å²) in [5.74, 6) is 0.283. The molecule has 0 spiro atoms. The van der Waals surface area contributed by atoms with E-state index in [-0.39, 0.29) is 24.0 Å². The van der Waals surface area contributed by atoms with Gasteiger partial charge in [-0.05, 0) is 55.0 Å². The number of amides is 1. The molecule has 0 saturated carbocycles. The van der Waals surface area contributed by atoms with E-state index in [1.807, 2.05) is 55.5 Å². The van der Waals surface area contributed by atoms with Gasteiger partial charge in [-0.2, -0.15) is 0 Å². The van der Waals surface area contributed by atoms with Gasteiger partial charge in [0.25, 0.3) is 5.91 Å². The van der Waals surface area contributed by atoms with Gasteiger partial charge in [0.15, 0.2) is 9.84 Å². The third-order valence-corrected chi connectivity index (χ3v) is 7.30. The summed E-state index contributed by atoms with van der Waals surface area (Å²) in [6, 6.07) is 22.5. The Labute approximate surface area is 221 Å². The molecule has 0 radical (unpaired) electrons. The van der Waals surface area contributed by atoms with Gasteiger partial charge >= 0.3 is 0 Å². The Balaban J connectivity index is 1.61. The highest BCUT2D eigenvalue weighted by atomic mass is 35.5. The molecule has 4 rings (SSSR count). The fourth-order valence-electron chi connectivity index (χ4n) is 4.02. The lowest BCUT2D eigenvalue weighted by Crippen LogP contribution is -2.23. The van der Waals surface area contributed by atoms with Crippen molar-refractivity contribution in [1.29, 1.82) is 0 Å². The normalized spacial score (nSPS) is 12.2. The summed E-state index contributed by atoms with van der Waals surface area (Å²) in [5, 5.41) is 14.1. The second-order valence-corrected chi connectivity index (χ2v) is 11.1. The maximum Gasteiger partial charge on any atom is 0.257 e. The average Bonchev–Trinajstić information content (AvgIpc) is 3.19. The highest BCUT2D eigenvalue weighted by Gasteiger charge is 2.22. The molecule has 1 unspecified atom stereocenters. The molecule has 0 saturated heterocycles. The third kappa shape index (κ3) is 6.40. The number of halogens is 1. The number of carbonyl (C=O) groups is 1. The van der Waals surface area contributed by atoms with Crippen LogP contribution in [0, 0.1) is 6.92 Å². The van der Waals surface area contributed by atoms with Gasteiger partial charge in [0, 0.05) is 28.7 Å². The van der Waals surface area contributed by atoms with Crippen molar-refractivity contribution < 1.29 is 23.1 Å². The van der Waals surface area contributed by atoms with Crippen molar-refractivity contribution >= 4 is 33.0 Å². The summed E-state index contributed by atoms with van der Waals surface area (Å²) in [5.41, 5.74) is 2.99. The van der Waals surface area contributed by atoms with Gasteiger partial charge in [0.2, 0.25) is 0 Å². The number of hydrogen-bond acceptors (Lipinski definition) is 5. The highest BCUT2D eigenvalue weighted by Crippen LogP contribution is 2.33. The van der Waals surface area contributed by atoms with Crippen LogP contribution in [0.5, 0.6) is 5.75 Å². The number of nitrogens with one attached hydrogen (secondary N) is 1. The minimum absolute atomic E-state index is 0.0669. The van der Waals surface area contributed by atoms with Gasteiger partial charge < -0.3 is 19.7 Å². The molecule has 0 aliphatic rings. The Morgan fingerprint density at radius 2 is 1.68 bits per heavy atom. The molecule has 1 amide bonds. The van der Waals surface area contributed by atoms with Crippen LogP contribution in [-0.2, 0) is 16.4 Å². The minimum Gasteiger partial charge on any atom is -0.491 e. The second-order valence-electron chi connectivity index (χ2n) is 8.68. The summed E-state index contributed by atoms with van der Waals surface area (Å²) < 4.78 is 30.9. The standard InChI is InChI=1S/C28H27ClN2O5S/c1-19-25(28(33)30-20-12-14-23(15-13-20)37(2,34)35)17-31(27(19)24-10-6-7-11-26(24)29)16-21(32)18-36-22-8-4-3-5-9-22/h3-15,17,21,32H,16,18H2,1-2H3,(H,30,33). The number of ether oxygens (including phenoxy) is 1. The molecule has 192 valence electrons. The first-order valence-electron chi connectivity index (χ1n) is 11.6. The number of benzene rings is 3. The summed E-state index contributed by atoms with van der Waals surface area (Å²) in [4.78, 5) is 13.4. The summed E-state index contributed by atoms with van der Waals surface area (Å²) in [6.07, 6.45) is 1.95. The Hall–Kier alpha value is -3.59. The first-order valence-corrected chi connectivity index (χ1v) is 13.8. The van der Waals surface area contributed by atoms with Crippen LogP contribution in [0.1, 0.15) is 15.9 Å². The van der Waals surface area contributed by atoms with E-state index in [0.717, 1.165) is 11.8 Å². The average molecular weight is 539 g/mol. The molecule has 1 heterocycles. The van der Waals surface area contributed by atoms with Crippen molar-refractivity contribution in [2.24, 2.45) is 0 Å². The number of nitrogens with zero attached hydrogens (tertiary/aromatic N) is 1. The fourth-order valence-corrected chi connectivity index (χ4v) is 4.87. The van der Waals surface area contributed by atoms with Gasteiger partial charge in [-0.25, -0.2) is 8.42 Å². The number of para-hydroxylation sites is 1. The van der Waals surface area contributed by atoms with Crippen LogP contribution >= 0.6 is 11.6 Å². The molecule has 2 N–H and O–H groups in total. The van der Waals surface area contributed by atoms with Crippen molar-refractivity contribution in [2.75, 3.05) is 18.2 Å². The van der Waals surface area contributed by atoms with Crippen LogP contribution in [0.15, 0.2) is 90.0 Å². The van der Waals surface area contributed by atoms with Crippen molar-refractivity contribution in [3.8, 4) is 17.0 Å². The van der Waals surface area contributed by atoms with E-state index in [9.17, 15) is 18.3 Å². The smallest absolute Gasteiger partial charge is 0.257 e. The number of rotatable bonds is 9. The summed E-state index contributed by atoms with van der Waals surface area (Å²) in [6.45, 7) is 2.06. The monoisotopic (exact) mass is 538 g/mol. The number of aromatic nitrogens is 1. The molecule has 0 bridgehead atoms. The van der Waals surface area contributed by atoms with Gasteiger partial charge in [-0.1, -0.05) is 48.0 Å². The van der Waals surface area contributed by atoms with E-state index < -0.39 is 15.9 Å². The molecule has 3 aromatic carbocycles. The zero-order valence-corrected chi connectivity index (χ0v) is 22.0. The van der Waals surface area contributed by atoms with Crippen LogP contribution in [-0.4, -0.2) is 43.0 Å². The predicted octanol–water partition coefficient (Wildman–Crippen LogP) is 5.21. The molecular formula is C28H27ClN2O5S. The fraction of sp³-hybridized carbons (Fsp3) is 0.179. The molecule has 1 atom stereocenters. The van der Waals surface area contributed by atoms with Crippen LogP contribution in [0.2, 0.25) is 5.02 Å². The quantitative estimate of drug-likeness (QED) is 0.305. The first kappa shape index (κ1) is 26.5. The van der Waals surface area contributed by atoms with Crippen molar-refractivity contribution in [1.82, 2.24) is 4.57 Å². The molecule has 7 nitrogen and oxygen atoms in total.